The highest BCUT2D eigenvalue weighted by molar-refractivity contribution is 5.99. The number of ketones is 2. The standard InChI is InChI=1S/C13H19FO.C12H18.C11H12F4.C11H13F3O.C11H13FO.C11H14O2.2C11H16.C10H11FO/c1-9(2)8-11-12(14)6-5-7-13(11)15-10(3)4;1-9(2)8-12-10(3)6-5-7-11(12)4;1-5(2)4-7-8(12)6(3)9(13)11(15)10(7)14;1-8(2)7-9-5-3-4-6-10(9)15-11(12,13)14;1-7(2)11(13)10-8(3)5-4-6-9(10)12;1-9(2)11(12)13-8-10-6-4-3-5-7-10;1-9(2)8-11-7-5-4-6-10(11)3;1-10(2)8-9-11-6-4-3-5-7-11;1-7(2)10(12)8-5-3-4-6-9(8)11/h5-7,9-10H,8H2,1-4H3;5-7,9H,8H2,1-4H3;5H,4H2,1-3H3;3-6,8H,7H2,1-2H3;4-7H,1-3H3;3-7,9H,8H2,1-2H3;4-7,9H,8H2,1-3H3;3-7,10H,8-9H2,1-2H3;3-7H,1-2H3. The molecule has 9 rings (SSSR count). The van der Waals surface area contributed by atoms with Crippen molar-refractivity contribution in [1.29, 1.82) is 0 Å². The molecule has 0 unspecified atom stereocenters. The molecule has 0 aromatic heterocycles. The smallest absolute Gasteiger partial charge is 0.491 e. The molecule has 16 heteroatoms. The number of benzene rings is 9. The maximum Gasteiger partial charge on any atom is 0.573 e. The lowest BCUT2D eigenvalue weighted by molar-refractivity contribution is -0.275. The Hall–Kier alpha value is -9.31. The molecule has 9 aromatic carbocycles. The van der Waals surface area contributed by atoms with E-state index in [-0.39, 0.29) is 82.0 Å². The van der Waals surface area contributed by atoms with E-state index in [0.717, 1.165) is 30.2 Å². The molecule has 0 aliphatic carbocycles. The number of hydrogen-bond acceptors (Lipinski definition) is 6. The summed E-state index contributed by atoms with van der Waals surface area (Å²) in [6.45, 7) is 49.5. The first-order valence-corrected chi connectivity index (χ1v) is 40.7. The highest BCUT2D eigenvalue weighted by atomic mass is 19.4. The molecule has 0 heterocycles. The highest BCUT2D eigenvalue weighted by Crippen LogP contribution is 2.30. The number of rotatable bonds is 23. The van der Waals surface area contributed by atoms with Crippen molar-refractivity contribution in [1.82, 2.24) is 0 Å². The maximum absolute atomic E-state index is 13.6. The van der Waals surface area contributed by atoms with Gasteiger partial charge in [0.15, 0.2) is 29.0 Å². The third-order valence-corrected chi connectivity index (χ3v) is 17.4. The van der Waals surface area contributed by atoms with Gasteiger partial charge in [-0.15, -0.1) is 13.2 Å². The number of carbonyl (C=O) groups excluding carboxylic acids is 3. The zero-order chi connectivity index (χ0) is 89.0. The summed E-state index contributed by atoms with van der Waals surface area (Å²) >= 11 is 0. The average Bonchev–Trinajstić information content (AvgIpc) is 0.793. The molecule has 0 radical (unpaired) electrons. The molecule has 0 saturated heterocycles. The molecule has 0 saturated carbocycles. The summed E-state index contributed by atoms with van der Waals surface area (Å²) in [4.78, 5) is 34.0. The van der Waals surface area contributed by atoms with Crippen LogP contribution in [0.1, 0.15) is 232 Å². The molecule has 642 valence electrons. The molecule has 0 bridgehead atoms. The van der Waals surface area contributed by atoms with Gasteiger partial charge in [-0.05, 0) is 215 Å². The van der Waals surface area contributed by atoms with E-state index in [1.54, 1.807) is 90.9 Å². The topological polar surface area (TPSA) is 78.9 Å². The minimum atomic E-state index is -4.62. The van der Waals surface area contributed by atoms with Crippen LogP contribution >= 0.6 is 0 Å². The second kappa shape index (κ2) is 55.4. The molecule has 6 nitrogen and oxygen atoms in total. The molecular formula is C101H132F10O6. The summed E-state index contributed by atoms with van der Waals surface area (Å²) < 4.78 is 143. The Morgan fingerprint density at radius 2 is 0.752 bits per heavy atom. The number of carbonyl (C=O) groups is 3. The zero-order valence-corrected chi connectivity index (χ0v) is 74.1. The van der Waals surface area contributed by atoms with Gasteiger partial charge in [0.05, 0.1) is 23.1 Å². The van der Waals surface area contributed by atoms with E-state index in [9.17, 15) is 58.3 Å². The van der Waals surface area contributed by atoms with Crippen LogP contribution in [0.2, 0.25) is 0 Å². The van der Waals surface area contributed by atoms with Crippen molar-refractivity contribution in [3.63, 3.8) is 0 Å². The molecule has 0 aliphatic rings. The number of hydrogen-bond donors (Lipinski definition) is 0. The monoisotopic (exact) mass is 1630 g/mol. The Balaban J connectivity index is 0.000000659. The number of esters is 1. The molecule has 117 heavy (non-hydrogen) atoms. The van der Waals surface area contributed by atoms with Gasteiger partial charge in [0, 0.05) is 28.5 Å². The Morgan fingerprint density at radius 3 is 1.23 bits per heavy atom. The van der Waals surface area contributed by atoms with Crippen molar-refractivity contribution >= 4 is 17.5 Å². The number of para-hydroxylation sites is 1. The molecule has 0 atom stereocenters. The van der Waals surface area contributed by atoms with E-state index < -0.39 is 46.8 Å². The zero-order valence-electron chi connectivity index (χ0n) is 74.1. The van der Waals surface area contributed by atoms with E-state index >= 15 is 0 Å². The van der Waals surface area contributed by atoms with Crippen LogP contribution in [0, 0.1) is 129 Å². The van der Waals surface area contributed by atoms with Crippen LogP contribution in [0.3, 0.4) is 0 Å². The minimum absolute atomic E-state index is 0.0294. The van der Waals surface area contributed by atoms with Crippen LogP contribution in [0.5, 0.6) is 11.5 Å². The Labute approximate surface area is 695 Å². The van der Waals surface area contributed by atoms with Gasteiger partial charge in [-0.1, -0.05) is 276 Å². The third kappa shape index (κ3) is 43.1. The predicted octanol–water partition coefficient (Wildman–Crippen LogP) is 29.3. The normalized spacial score (nSPS) is 10.8. The first-order valence-electron chi connectivity index (χ1n) is 40.7. The van der Waals surface area contributed by atoms with Crippen molar-refractivity contribution < 1.29 is 72.5 Å². The second-order valence-corrected chi connectivity index (χ2v) is 32.8. The van der Waals surface area contributed by atoms with E-state index in [0.29, 0.717) is 53.7 Å². The van der Waals surface area contributed by atoms with Crippen molar-refractivity contribution in [3.8, 4) is 11.5 Å². The van der Waals surface area contributed by atoms with Crippen LogP contribution in [0.25, 0.3) is 0 Å². The number of halogens is 10. The van der Waals surface area contributed by atoms with Crippen LogP contribution in [-0.4, -0.2) is 30.0 Å². The fourth-order valence-corrected chi connectivity index (χ4v) is 11.3. The molecule has 0 N–H and O–H groups in total. The van der Waals surface area contributed by atoms with Crippen LogP contribution in [-0.2, 0) is 54.7 Å². The number of ether oxygens (including phenoxy) is 3. The number of alkyl halides is 3. The number of Topliss-reactive ketones (excluding diaryl/α,β-unsaturated/α-hetero) is 2. The summed E-state index contributed by atoms with van der Waals surface area (Å²) in [6.07, 6.45) is 1.73. The van der Waals surface area contributed by atoms with E-state index in [4.69, 9.17) is 9.47 Å². The summed E-state index contributed by atoms with van der Waals surface area (Å²) in [5, 5.41) is 0. The molecule has 0 aliphatic heterocycles. The Bertz CT molecular complexity index is 4260. The summed E-state index contributed by atoms with van der Waals surface area (Å²) in [6, 6.07) is 57.5. The second-order valence-electron chi connectivity index (χ2n) is 32.8. The molecule has 9 aromatic rings. The predicted molar refractivity (Wildman–Crippen MR) is 463 cm³/mol. The van der Waals surface area contributed by atoms with Crippen LogP contribution in [0.15, 0.2) is 188 Å². The highest BCUT2D eigenvalue weighted by Gasteiger charge is 2.32. The van der Waals surface area contributed by atoms with Crippen molar-refractivity contribution in [3.05, 3.63) is 307 Å². The lowest BCUT2D eigenvalue weighted by atomic mass is 9.95. The summed E-state index contributed by atoms with van der Waals surface area (Å²) in [5.74, 6) is -3.64. The lowest BCUT2D eigenvalue weighted by Gasteiger charge is -2.16. The summed E-state index contributed by atoms with van der Waals surface area (Å²) in [7, 11) is 0. The van der Waals surface area contributed by atoms with Gasteiger partial charge >= 0.3 is 12.3 Å². The SMILES string of the molecule is CC(C)C(=O)OCc1ccccc1.CC(C)C(=O)c1ccccc1F.CC(C)CCc1ccccc1.CC(C)Cc1c(F)cccc1OC(C)C.CC(C)Cc1ccccc1OC(F)(F)F.Cc1c(F)c(F)c(F)c(CC(C)C)c1F.Cc1cccc(C)c1CC(C)C.Cc1cccc(F)c1C(=O)C(C)C.Cc1ccccc1CC(C)C. The number of aryl methyl sites for hydroxylation is 5. The van der Waals surface area contributed by atoms with Crippen LogP contribution in [0.4, 0.5) is 43.9 Å². The van der Waals surface area contributed by atoms with Crippen molar-refractivity contribution in [2.45, 2.75) is 237 Å². The minimum Gasteiger partial charge on any atom is -0.491 e. The fraction of sp³-hybridized carbons (Fsp3) is 0.436. The van der Waals surface area contributed by atoms with Gasteiger partial charge in [0.1, 0.15) is 41.4 Å². The molecular weight excluding hydrogens is 1500 g/mol. The van der Waals surface area contributed by atoms with Gasteiger partial charge in [-0.25, -0.2) is 30.7 Å². The van der Waals surface area contributed by atoms with Gasteiger partial charge in [-0.3, -0.25) is 14.4 Å². The molecule has 0 spiro atoms. The quantitative estimate of drug-likeness (QED) is 0.0209. The van der Waals surface area contributed by atoms with E-state index in [1.165, 1.54) is 95.5 Å². The maximum atomic E-state index is 13.6. The largest absolute Gasteiger partial charge is 0.573 e. The Morgan fingerprint density at radius 1 is 0.342 bits per heavy atom. The van der Waals surface area contributed by atoms with Crippen molar-refractivity contribution in [2.75, 3.05) is 0 Å². The molecule has 0 fully saturated rings. The molecule has 0 amide bonds. The summed E-state index contributed by atoms with van der Waals surface area (Å²) in [5.41, 5.74) is 11.4. The first kappa shape index (κ1) is 106. The van der Waals surface area contributed by atoms with Crippen molar-refractivity contribution in [2.24, 2.45) is 53.3 Å². The average molecular weight is 1630 g/mol. The van der Waals surface area contributed by atoms with E-state index in [2.05, 4.69) is 154 Å². The van der Waals surface area contributed by atoms with Gasteiger partial charge in [0.2, 0.25) is 0 Å². The Kier molecular flexibility index (Phi) is 50.0. The van der Waals surface area contributed by atoms with E-state index in [1.807, 2.05) is 77.9 Å². The van der Waals surface area contributed by atoms with Gasteiger partial charge < -0.3 is 14.2 Å². The van der Waals surface area contributed by atoms with Gasteiger partial charge in [0.25, 0.3) is 0 Å². The fourth-order valence-electron chi connectivity index (χ4n) is 11.3. The third-order valence-electron chi connectivity index (χ3n) is 17.4. The van der Waals surface area contributed by atoms with Crippen LogP contribution < -0.4 is 9.47 Å². The lowest BCUT2D eigenvalue weighted by Crippen LogP contribution is -2.18. The van der Waals surface area contributed by atoms with Gasteiger partial charge in [-0.2, -0.15) is 0 Å². The first-order chi connectivity index (χ1) is 54.7.